The number of hydrogen-bond donors (Lipinski definition) is 0. The predicted molar refractivity (Wildman–Crippen MR) is 101 cm³/mol. The first kappa shape index (κ1) is 14.0. The zero-order valence-electron chi connectivity index (χ0n) is 13.6. The zero-order chi connectivity index (χ0) is 15.8. The maximum Gasteiger partial charge on any atom is -0.00266 e. The quantitative estimate of drug-likeness (QED) is 0.357. The van der Waals surface area contributed by atoms with Gasteiger partial charge in [0.2, 0.25) is 0 Å². The molecule has 0 nitrogen and oxygen atoms in total. The Bertz CT molecular complexity index is 922. The third kappa shape index (κ3) is 2.22. The van der Waals surface area contributed by atoms with Gasteiger partial charge in [-0.25, -0.2) is 0 Å². The van der Waals surface area contributed by atoms with Gasteiger partial charge >= 0.3 is 0 Å². The van der Waals surface area contributed by atoms with E-state index in [-0.39, 0.29) is 0 Å². The van der Waals surface area contributed by atoms with E-state index in [1.807, 2.05) is 0 Å². The van der Waals surface area contributed by atoms with Crippen molar-refractivity contribution in [1.29, 1.82) is 0 Å². The zero-order valence-corrected chi connectivity index (χ0v) is 13.6. The Kier molecular flexibility index (Phi) is 3.38. The van der Waals surface area contributed by atoms with E-state index in [1.54, 1.807) is 0 Å². The fourth-order valence-corrected chi connectivity index (χ4v) is 3.70. The molecule has 112 valence electrons. The van der Waals surface area contributed by atoms with Crippen LogP contribution in [0.15, 0.2) is 78.9 Å². The van der Waals surface area contributed by atoms with Crippen LogP contribution in [0.3, 0.4) is 0 Å². The van der Waals surface area contributed by atoms with Crippen LogP contribution >= 0.6 is 0 Å². The van der Waals surface area contributed by atoms with Crippen molar-refractivity contribution < 1.29 is 0 Å². The smallest absolute Gasteiger partial charge is 0.00266 e. The summed E-state index contributed by atoms with van der Waals surface area (Å²) in [6.45, 7) is 4.58. The van der Waals surface area contributed by atoms with Crippen molar-refractivity contribution in [2.45, 2.75) is 19.8 Å². The average Bonchev–Trinajstić information content (AvgIpc) is 2.59. The molecule has 0 saturated carbocycles. The van der Waals surface area contributed by atoms with Crippen molar-refractivity contribution in [2.24, 2.45) is 0 Å². The molecule has 0 heterocycles. The summed E-state index contributed by atoms with van der Waals surface area (Å²) in [5.74, 6) is 0.495. The van der Waals surface area contributed by atoms with E-state index >= 15 is 0 Å². The summed E-state index contributed by atoms with van der Waals surface area (Å²) >= 11 is 0. The first-order valence-electron chi connectivity index (χ1n) is 8.26. The molecule has 0 atom stereocenters. The van der Waals surface area contributed by atoms with Crippen molar-refractivity contribution in [1.82, 2.24) is 0 Å². The van der Waals surface area contributed by atoms with Gasteiger partial charge in [0, 0.05) is 0 Å². The second-order valence-electron chi connectivity index (χ2n) is 6.40. The number of fused-ring (bicyclic) bond motifs is 2. The molecule has 0 aliphatic heterocycles. The van der Waals surface area contributed by atoms with Crippen LogP contribution in [0.5, 0.6) is 0 Å². The molecule has 0 heteroatoms. The summed E-state index contributed by atoms with van der Waals surface area (Å²) in [5.41, 5.74) is 4.09. The van der Waals surface area contributed by atoms with Crippen LogP contribution in [0.1, 0.15) is 25.3 Å². The van der Waals surface area contributed by atoms with Crippen LogP contribution in [0.2, 0.25) is 0 Å². The summed E-state index contributed by atoms with van der Waals surface area (Å²) in [6.07, 6.45) is 0. The summed E-state index contributed by atoms with van der Waals surface area (Å²) in [6, 6.07) is 28.4. The van der Waals surface area contributed by atoms with Gasteiger partial charge in [0.25, 0.3) is 0 Å². The lowest BCUT2D eigenvalue weighted by molar-refractivity contribution is 0.885. The molecule has 0 unspecified atom stereocenters. The molecule has 0 saturated heterocycles. The van der Waals surface area contributed by atoms with E-state index < -0.39 is 0 Å². The molecule has 0 radical (unpaired) electrons. The monoisotopic (exact) mass is 296 g/mol. The van der Waals surface area contributed by atoms with Crippen LogP contribution in [-0.4, -0.2) is 0 Å². The largest absolute Gasteiger partial charge is 0.0622 e. The Morgan fingerprint density at radius 1 is 0.522 bits per heavy atom. The molecular formula is C23H20. The number of rotatable bonds is 2. The van der Waals surface area contributed by atoms with E-state index in [1.165, 1.54) is 38.2 Å². The Labute approximate surface area is 137 Å². The Morgan fingerprint density at radius 2 is 0.957 bits per heavy atom. The highest BCUT2D eigenvalue weighted by atomic mass is 14.2. The first-order valence-corrected chi connectivity index (χ1v) is 8.26. The number of hydrogen-bond acceptors (Lipinski definition) is 0. The molecule has 4 aromatic carbocycles. The van der Waals surface area contributed by atoms with Crippen molar-refractivity contribution in [3.8, 4) is 11.1 Å². The minimum Gasteiger partial charge on any atom is -0.0622 e. The summed E-state index contributed by atoms with van der Waals surface area (Å²) < 4.78 is 0. The topological polar surface area (TPSA) is 0 Å². The first-order chi connectivity index (χ1) is 11.3. The van der Waals surface area contributed by atoms with Crippen molar-refractivity contribution in [2.75, 3.05) is 0 Å². The van der Waals surface area contributed by atoms with E-state index in [2.05, 4.69) is 92.7 Å². The molecule has 0 bridgehead atoms. The molecule has 23 heavy (non-hydrogen) atoms. The van der Waals surface area contributed by atoms with Gasteiger partial charge in [-0.2, -0.15) is 0 Å². The van der Waals surface area contributed by atoms with Gasteiger partial charge < -0.3 is 0 Å². The minimum atomic E-state index is 0.495. The SMILES string of the molecule is CC(C)c1c2ccccc2c(-c2ccccc2)c2ccccc12. The lowest BCUT2D eigenvalue weighted by Crippen LogP contribution is -1.95. The lowest BCUT2D eigenvalue weighted by Gasteiger charge is -2.19. The van der Waals surface area contributed by atoms with Crippen LogP contribution in [0.25, 0.3) is 32.7 Å². The van der Waals surface area contributed by atoms with Gasteiger partial charge in [0.05, 0.1) is 0 Å². The summed E-state index contributed by atoms with van der Waals surface area (Å²) in [5, 5.41) is 5.45. The Balaban J connectivity index is 2.27. The Hall–Kier alpha value is -2.60. The molecule has 4 aromatic rings. The molecule has 0 aliphatic carbocycles. The van der Waals surface area contributed by atoms with E-state index in [9.17, 15) is 0 Å². The molecular weight excluding hydrogens is 276 g/mol. The third-order valence-corrected chi connectivity index (χ3v) is 4.61. The second-order valence-corrected chi connectivity index (χ2v) is 6.40. The van der Waals surface area contributed by atoms with Crippen LogP contribution in [-0.2, 0) is 0 Å². The van der Waals surface area contributed by atoms with Gasteiger partial charge in [-0.15, -0.1) is 0 Å². The van der Waals surface area contributed by atoms with E-state index in [0.717, 1.165) is 0 Å². The molecule has 0 aliphatic rings. The average molecular weight is 296 g/mol. The van der Waals surface area contributed by atoms with Crippen LogP contribution < -0.4 is 0 Å². The molecule has 0 spiro atoms. The molecule has 4 rings (SSSR count). The highest BCUT2D eigenvalue weighted by Crippen LogP contribution is 2.41. The summed E-state index contributed by atoms with van der Waals surface area (Å²) in [4.78, 5) is 0. The van der Waals surface area contributed by atoms with Crippen LogP contribution in [0.4, 0.5) is 0 Å². The van der Waals surface area contributed by atoms with Gasteiger partial charge in [-0.3, -0.25) is 0 Å². The van der Waals surface area contributed by atoms with Crippen molar-refractivity contribution in [3.63, 3.8) is 0 Å². The van der Waals surface area contributed by atoms with Gasteiger partial charge in [0.1, 0.15) is 0 Å². The molecule has 0 aromatic heterocycles. The molecule has 0 N–H and O–H groups in total. The Morgan fingerprint density at radius 3 is 1.43 bits per heavy atom. The lowest BCUT2D eigenvalue weighted by atomic mass is 9.85. The van der Waals surface area contributed by atoms with E-state index in [4.69, 9.17) is 0 Å². The van der Waals surface area contributed by atoms with Gasteiger partial charge in [-0.1, -0.05) is 92.7 Å². The number of benzene rings is 4. The minimum absolute atomic E-state index is 0.495. The van der Waals surface area contributed by atoms with Crippen molar-refractivity contribution in [3.05, 3.63) is 84.4 Å². The molecule has 0 amide bonds. The third-order valence-electron chi connectivity index (χ3n) is 4.61. The predicted octanol–water partition coefficient (Wildman–Crippen LogP) is 6.78. The van der Waals surface area contributed by atoms with Crippen molar-refractivity contribution >= 4 is 21.5 Å². The van der Waals surface area contributed by atoms with E-state index in [0.29, 0.717) is 5.92 Å². The second kappa shape index (κ2) is 5.55. The normalized spacial score (nSPS) is 11.4. The maximum atomic E-state index is 2.29. The maximum absolute atomic E-state index is 2.29. The highest BCUT2D eigenvalue weighted by molar-refractivity contribution is 6.15. The van der Waals surface area contributed by atoms with Gasteiger partial charge in [0.15, 0.2) is 0 Å². The fraction of sp³-hybridized carbons (Fsp3) is 0.130. The summed E-state index contributed by atoms with van der Waals surface area (Å²) in [7, 11) is 0. The highest BCUT2D eigenvalue weighted by Gasteiger charge is 2.16. The van der Waals surface area contributed by atoms with Gasteiger partial charge in [-0.05, 0) is 44.2 Å². The fourth-order valence-electron chi connectivity index (χ4n) is 3.70. The van der Waals surface area contributed by atoms with Crippen LogP contribution in [0, 0.1) is 0 Å². The molecule has 0 fully saturated rings. The standard InChI is InChI=1S/C23H20/c1-16(2)22-18-12-6-8-14-20(18)23(17-10-4-3-5-11-17)21-15-9-7-13-19(21)22/h3-16H,1-2H3.